The number of amides is 2. The molecule has 1 aromatic carbocycles. The largest absolute Gasteiger partial charge is 0.481 e. The molecule has 0 radical (unpaired) electrons. The van der Waals surface area contributed by atoms with Gasteiger partial charge < -0.3 is 15.7 Å². The topological polar surface area (TPSA) is 113 Å². The standard InChI is InChI=1S/C12H16N2O5S/c1-20(18,19)6-5-13-12(17)14-10-4-2-3-9(7-10)8-11(15)16/h2-4,7H,5-6,8H2,1H3,(H,15,16)(H2,13,14,17). The Morgan fingerprint density at radius 2 is 2.00 bits per heavy atom. The van der Waals surface area contributed by atoms with Crippen LogP contribution in [0, 0.1) is 0 Å². The lowest BCUT2D eigenvalue weighted by atomic mass is 10.1. The number of benzene rings is 1. The zero-order valence-electron chi connectivity index (χ0n) is 10.9. The Labute approximate surface area is 116 Å². The fourth-order valence-electron chi connectivity index (χ4n) is 1.46. The van der Waals surface area contributed by atoms with Crippen LogP contribution in [0.4, 0.5) is 10.5 Å². The molecule has 0 aliphatic carbocycles. The molecule has 1 rings (SSSR count). The quantitative estimate of drug-likeness (QED) is 0.707. The highest BCUT2D eigenvalue weighted by Crippen LogP contribution is 2.11. The minimum Gasteiger partial charge on any atom is -0.481 e. The van der Waals surface area contributed by atoms with Gasteiger partial charge in [0, 0.05) is 18.5 Å². The monoisotopic (exact) mass is 300 g/mol. The second-order valence-electron chi connectivity index (χ2n) is 4.28. The van der Waals surface area contributed by atoms with E-state index >= 15 is 0 Å². The molecule has 20 heavy (non-hydrogen) atoms. The normalized spacial score (nSPS) is 10.8. The number of sulfone groups is 1. The minimum atomic E-state index is -3.12. The van der Waals surface area contributed by atoms with Crippen molar-refractivity contribution in [2.75, 3.05) is 23.9 Å². The van der Waals surface area contributed by atoms with Crippen LogP contribution in [-0.2, 0) is 21.1 Å². The van der Waals surface area contributed by atoms with Gasteiger partial charge >= 0.3 is 12.0 Å². The molecule has 0 fully saturated rings. The van der Waals surface area contributed by atoms with Crippen LogP contribution in [0.25, 0.3) is 0 Å². The Bertz CT molecular complexity index is 598. The predicted molar refractivity (Wildman–Crippen MR) is 74.5 cm³/mol. The average Bonchev–Trinajstić information content (AvgIpc) is 2.26. The molecule has 110 valence electrons. The molecule has 1 aromatic rings. The van der Waals surface area contributed by atoms with Gasteiger partial charge in [-0.2, -0.15) is 0 Å². The maximum atomic E-state index is 11.5. The lowest BCUT2D eigenvalue weighted by molar-refractivity contribution is -0.136. The second kappa shape index (κ2) is 6.90. The van der Waals surface area contributed by atoms with Crippen LogP contribution in [0.1, 0.15) is 5.56 Å². The van der Waals surface area contributed by atoms with Crippen LogP contribution < -0.4 is 10.6 Å². The number of carbonyl (C=O) groups excluding carboxylic acids is 1. The molecule has 8 heteroatoms. The zero-order valence-corrected chi connectivity index (χ0v) is 11.7. The number of urea groups is 1. The third kappa shape index (κ3) is 6.74. The van der Waals surface area contributed by atoms with E-state index in [0.717, 1.165) is 6.26 Å². The molecule has 0 atom stereocenters. The van der Waals surface area contributed by atoms with Crippen molar-refractivity contribution in [3.63, 3.8) is 0 Å². The lowest BCUT2D eigenvalue weighted by Crippen LogP contribution is -2.32. The van der Waals surface area contributed by atoms with E-state index in [0.29, 0.717) is 11.3 Å². The summed E-state index contributed by atoms with van der Waals surface area (Å²) in [4.78, 5) is 22.1. The Kier molecular flexibility index (Phi) is 5.51. The van der Waals surface area contributed by atoms with Gasteiger partial charge in [-0.3, -0.25) is 4.79 Å². The molecular weight excluding hydrogens is 284 g/mol. The van der Waals surface area contributed by atoms with E-state index in [-0.39, 0.29) is 18.7 Å². The Morgan fingerprint density at radius 3 is 2.60 bits per heavy atom. The SMILES string of the molecule is CS(=O)(=O)CCNC(=O)Nc1cccc(CC(=O)O)c1. The van der Waals surface area contributed by atoms with Gasteiger partial charge in [0.1, 0.15) is 9.84 Å². The number of hydrogen-bond donors (Lipinski definition) is 3. The minimum absolute atomic E-state index is 0.0134. The van der Waals surface area contributed by atoms with Crippen LogP contribution in [0.5, 0.6) is 0 Å². The zero-order chi connectivity index (χ0) is 15.2. The summed E-state index contributed by atoms with van der Waals surface area (Å²) in [5.41, 5.74) is 1.01. The molecule has 0 saturated heterocycles. The van der Waals surface area contributed by atoms with E-state index in [4.69, 9.17) is 5.11 Å². The molecule has 0 unspecified atom stereocenters. The van der Waals surface area contributed by atoms with Crippen LogP contribution in [0.3, 0.4) is 0 Å². The third-order valence-electron chi connectivity index (χ3n) is 2.30. The number of rotatable bonds is 6. The van der Waals surface area contributed by atoms with Gasteiger partial charge in [0.05, 0.1) is 12.2 Å². The molecule has 0 spiro atoms. The van der Waals surface area contributed by atoms with Gasteiger partial charge in [-0.15, -0.1) is 0 Å². The summed E-state index contributed by atoms with van der Waals surface area (Å²) < 4.78 is 21.8. The summed E-state index contributed by atoms with van der Waals surface area (Å²) in [7, 11) is -3.12. The van der Waals surface area contributed by atoms with Gasteiger partial charge in [-0.05, 0) is 17.7 Å². The Balaban J connectivity index is 2.51. The molecule has 0 heterocycles. The second-order valence-corrected chi connectivity index (χ2v) is 6.54. The highest BCUT2D eigenvalue weighted by Gasteiger charge is 2.06. The molecule has 2 amide bonds. The van der Waals surface area contributed by atoms with Crippen LogP contribution in [0.2, 0.25) is 0 Å². The van der Waals surface area contributed by atoms with E-state index in [2.05, 4.69) is 10.6 Å². The first-order chi connectivity index (χ1) is 9.26. The number of carbonyl (C=O) groups is 2. The first-order valence-electron chi connectivity index (χ1n) is 5.79. The van der Waals surface area contributed by atoms with Crippen molar-refractivity contribution in [1.82, 2.24) is 5.32 Å². The van der Waals surface area contributed by atoms with Crippen LogP contribution >= 0.6 is 0 Å². The summed E-state index contributed by atoms with van der Waals surface area (Å²) in [6.45, 7) is 0.0134. The van der Waals surface area contributed by atoms with E-state index < -0.39 is 21.8 Å². The van der Waals surface area contributed by atoms with Gasteiger partial charge in [0.2, 0.25) is 0 Å². The maximum Gasteiger partial charge on any atom is 0.319 e. The van der Waals surface area contributed by atoms with E-state index in [1.54, 1.807) is 24.3 Å². The van der Waals surface area contributed by atoms with E-state index in [9.17, 15) is 18.0 Å². The summed E-state index contributed by atoms with van der Waals surface area (Å²) in [6.07, 6.45) is 0.952. The summed E-state index contributed by atoms with van der Waals surface area (Å²) >= 11 is 0. The van der Waals surface area contributed by atoms with Gasteiger partial charge in [0.15, 0.2) is 0 Å². The first kappa shape index (κ1) is 16.0. The molecular formula is C12H16N2O5S. The molecule has 3 N–H and O–H groups in total. The number of aliphatic carboxylic acids is 1. The Hall–Kier alpha value is -2.09. The number of nitrogens with one attached hydrogen (secondary N) is 2. The van der Waals surface area contributed by atoms with Gasteiger partial charge in [-0.1, -0.05) is 12.1 Å². The highest BCUT2D eigenvalue weighted by molar-refractivity contribution is 7.90. The number of anilines is 1. The predicted octanol–water partition coefficient (Wildman–Crippen LogP) is 0.480. The third-order valence-corrected chi connectivity index (χ3v) is 3.24. The molecule has 0 aromatic heterocycles. The van der Waals surface area contributed by atoms with Gasteiger partial charge in [-0.25, -0.2) is 13.2 Å². The van der Waals surface area contributed by atoms with Crippen molar-refractivity contribution in [2.45, 2.75) is 6.42 Å². The fraction of sp³-hybridized carbons (Fsp3) is 0.333. The number of carboxylic acids is 1. The molecule has 0 aliphatic heterocycles. The Morgan fingerprint density at radius 1 is 1.30 bits per heavy atom. The molecule has 0 aliphatic rings. The first-order valence-corrected chi connectivity index (χ1v) is 7.85. The van der Waals surface area contributed by atoms with Crippen molar-refractivity contribution in [1.29, 1.82) is 0 Å². The highest BCUT2D eigenvalue weighted by atomic mass is 32.2. The molecule has 0 bridgehead atoms. The van der Waals surface area contributed by atoms with E-state index in [1.165, 1.54) is 0 Å². The summed E-state index contributed by atoms with van der Waals surface area (Å²) in [6, 6.07) is 5.89. The summed E-state index contributed by atoms with van der Waals surface area (Å²) in [5, 5.41) is 13.6. The van der Waals surface area contributed by atoms with E-state index in [1.807, 2.05) is 0 Å². The molecule has 0 saturated carbocycles. The summed E-state index contributed by atoms with van der Waals surface area (Å²) in [5.74, 6) is -1.10. The molecule has 7 nitrogen and oxygen atoms in total. The van der Waals surface area contributed by atoms with Crippen molar-refractivity contribution in [3.05, 3.63) is 29.8 Å². The number of carboxylic acid groups (broad SMARTS) is 1. The fourth-order valence-corrected chi connectivity index (χ4v) is 1.93. The van der Waals surface area contributed by atoms with Crippen molar-refractivity contribution < 1.29 is 23.1 Å². The van der Waals surface area contributed by atoms with Crippen molar-refractivity contribution >= 4 is 27.5 Å². The van der Waals surface area contributed by atoms with Gasteiger partial charge in [0.25, 0.3) is 0 Å². The smallest absolute Gasteiger partial charge is 0.319 e. The number of hydrogen-bond acceptors (Lipinski definition) is 4. The lowest BCUT2D eigenvalue weighted by Gasteiger charge is -2.08. The van der Waals surface area contributed by atoms with Crippen LogP contribution in [0.15, 0.2) is 24.3 Å². The van der Waals surface area contributed by atoms with Crippen molar-refractivity contribution in [2.24, 2.45) is 0 Å². The van der Waals surface area contributed by atoms with Crippen LogP contribution in [-0.4, -0.2) is 44.1 Å². The average molecular weight is 300 g/mol. The van der Waals surface area contributed by atoms with Crippen molar-refractivity contribution in [3.8, 4) is 0 Å². The maximum absolute atomic E-state index is 11.5.